The lowest BCUT2D eigenvalue weighted by Gasteiger charge is -2.11. The summed E-state index contributed by atoms with van der Waals surface area (Å²) in [5.41, 5.74) is 0.752. The Hall–Kier alpha value is -1.11. The van der Waals surface area contributed by atoms with Gasteiger partial charge in [0, 0.05) is 12.6 Å². The van der Waals surface area contributed by atoms with Crippen LogP contribution in [0.15, 0.2) is 24.3 Å². The zero-order valence-electron chi connectivity index (χ0n) is 10.8. The normalized spacial score (nSPS) is 19.7. The summed E-state index contributed by atoms with van der Waals surface area (Å²) in [6.07, 6.45) is 2.83. The summed E-state index contributed by atoms with van der Waals surface area (Å²) in [6, 6.07) is 6.92. The quantitative estimate of drug-likeness (QED) is 0.727. The second-order valence-electron chi connectivity index (χ2n) is 4.89. The van der Waals surface area contributed by atoms with Crippen molar-refractivity contribution in [2.75, 3.05) is 12.3 Å². The third-order valence-corrected chi connectivity index (χ3v) is 4.66. The minimum absolute atomic E-state index is 0.142. The molecule has 3 N–H and O–H groups in total. The van der Waals surface area contributed by atoms with Crippen LogP contribution in [0.5, 0.6) is 5.75 Å². The molecule has 0 aliphatic carbocycles. The molecule has 1 atom stereocenters. The van der Waals surface area contributed by atoms with Crippen molar-refractivity contribution in [1.82, 2.24) is 10.0 Å². The van der Waals surface area contributed by atoms with E-state index in [1.54, 1.807) is 24.3 Å². The first kappa shape index (κ1) is 14.3. The molecule has 5 nitrogen and oxygen atoms in total. The van der Waals surface area contributed by atoms with Gasteiger partial charge >= 0.3 is 0 Å². The van der Waals surface area contributed by atoms with Gasteiger partial charge in [0.1, 0.15) is 5.75 Å². The lowest BCUT2D eigenvalue weighted by molar-refractivity contribution is 0.474. The molecule has 1 unspecified atom stereocenters. The summed E-state index contributed by atoms with van der Waals surface area (Å²) < 4.78 is 26.2. The molecular formula is C13H20N2O3S. The summed E-state index contributed by atoms with van der Waals surface area (Å²) in [4.78, 5) is 0. The van der Waals surface area contributed by atoms with Gasteiger partial charge in [-0.25, -0.2) is 13.1 Å². The van der Waals surface area contributed by atoms with Crippen molar-refractivity contribution in [2.24, 2.45) is 0 Å². The Morgan fingerprint density at radius 3 is 2.95 bits per heavy atom. The molecule has 1 aliphatic heterocycles. The standard InChI is InChI=1S/C13H20N2O3S/c16-13-5-1-3-11(9-13)10-15-19(17,18)8-6-12-4-2-7-14-12/h1,3,5,9,12,14-16H,2,4,6-8,10H2. The first-order valence-corrected chi connectivity index (χ1v) is 8.19. The van der Waals surface area contributed by atoms with Crippen LogP contribution in [0.25, 0.3) is 0 Å². The predicted molar refractivity (Wildman–Crippen MR) is 74.4 cm³/mol. The van der Waals surface area contributed by atoms with E-state index in [9.17, 15) is 13.5 Å². The summed E-state index contributed by atoms with van der Waals surface area (Å²) in [5.74, 6) is 0.288. The number of sulfonamides is 1. The van der Waals surface area contributed by atoms with E-state index < -0.39 is 10.0 Å². The van der Waals surface area contributed by atoms with Crippen molar-refractivity contribution in [2.45, 2.75) is 31.8 Å². The van der Waals surface area contributed by atoms with Crippen LogP contribution in [0, 0.1) is 0 Å². The number of nitrogens with one attached hydrogen (secondary N) is 2. The van der Waals surface area contributed by atoms with E-state index in [0.29, 0.717) is 12.5 Å². The second kappa shape index (κ2) is 6.36. The number of phenols is 1. The maximum atomic E-state index is 11.8. The van der Waals surface area contributed by atoms with E-state index in [2.05, 4.69) is 10.0 Å². The van der Waals surface area contributed by atoms with Crippen molar-refractivity contribution < 1.29 is 13.5 Å². The molecule has 1 fully saturated rings. The van der Waals surface area contributed by atoms with Gasteiger partial charge in [-0.3, -0.25) is 0 Å². The molecule has 0 amide bonds. The molecule has 0 saturated carbocycles. The van der Waals surface area contributed by atoms with E-state index >= 15 is 0 Å². The molecule has 106 valence electrons. The zero-order chi connectivity index (χ0) is 13.7. The third kappa shape index (κ3) is 4.81. The molecule has 19 heavy (non-hydrogen) atoms. The maximum Gasteiger partial charge on any atom is 0.211 e. The van der Waals surface area contributed by atoms with Crippen LogP contribution in [0.3, 0.4) is 0 Å². The Labute approximate surface area is 114 Å². The van der Waals surface area contributed by atoms with Crippen LogP contribution in [-0.4, -0.2) is 31.9 Å². The lowest BCUT2D eigenvalue weighted by atomic mass is 10.2. The molecule has 1 aromatic rings. The Morgan fingerprint density at radius 2 is 2.26 bits per heavy atom. The number of benzene rings is 1. The smallest absolute Gasteiger partial charge is 0.211 e. The van der Waals surface area contributed by atoms with Crippen LogP contribution in [0.2, 0.25) is 0 Å². The van der Waals surface area contributed by atoms with Crippen molar-refractivity contribution >= 4 is 10.0 Å². The molecule has 0 bridgehead atoms. The third-order valence-electron chi connectivity index (χ3n) is 3.30. The average Bonchev–Trinajstić information content (AvgIpc) is 2.88. The highest BCUT2D eigenvalue weighted by Gasteiger charge is 2.18. The number of aromatic hydroxyl groups is 1. The fourth-order valence-corrected chi connectivity index (χ4v) is 3.36. The molecular weight excluding hydrogens is 264 g/mol. The summed E-state index contributed by atoms with van der Waals surface area (Å²) in [5, 5.41) is 12.6. The molecule has 2 rings (SSSR count). The molecule has 6 heteroatoms. The highest BCUT2D eigenvalue weighted by atomic mass is 32.2. The van der Waals surface area contributed by atoms with E-state index in [1.807, 2.05) is 0 Å². The maximum absolute atomic E-state index is 11.8. The molecule has 1 aliphatic rings. The highest BCUT2D eigenvalue weighted by Crippen LogP contribution is 2.12. The van der Waals surface area contributed by atoms with E-state index in [1.165, 1.54) is 0 Å². The first-order chi connectivity index (χ1) is 9.05. The zero-order valence-corrected chi connectivity index (χ0v) is 11.6. The van der Waals surface area contributed by atoms with E-state index in [-0.39, 0.29) is 18.0 Å². The van der Waals surface area contributed by atoms with Crippen molar-refractivity contribution in [3.63, 3.8) is 0 Å². The Bertz CT molecular complexity index is 510. The van der Waals surface area contributed by atoms with Gasteiger partial charge in [-0.05, 0) is 43.5 Å². The van der Waals surface area contributed by atoms with Crippen molar-refractivity contribution in [3.8, 4) is 5.75 Å². The van der Waals surface area contributed by atoms with Gasteiger partial charge in [0.15, 0.2) is 0 Å². The van der Waals surface area contributed by atoms with E-state index in [4.69, 9.17) is 0 Å². The van der Waals surface area contributed by atoms with Crippen LogP contribution in [0.1, 0.15) is 24.8 Å². The Morgan fingerprint density at radius 1 is 1.42 bits per heavy atom. The average molecular weight is 284 g/mol. The van der Waals surface area contributed by atoms with Crippen LogP contribution in [0.4, 0.5) is 0 Å². The predicted octanol–water partition coefficient (Wildman–Crippen LogP) is 0.954. The van der Waals surface area contributed by atoms with Crippen LogP contribution >= 0.6 is 0 Å². The largest absolute Gasteiger partial charge is 0.508 e. The molecule has 1 aromatic carbocycles. The van der Waals surface area contributed by atoms with Gasteiger partial charge in [0.05, 0.1) is 5.75 Å². The lowest BCUT2D eigenvalue weighted by Crippen LogP contribution is -2.30. The van der Waals surface area contributed by atoms with Gasteiger partial charge < -0.3 is 10.4 Å². The Kier molecular flexibility index (Phi) is 4.79. The monoisotopic (exact) mass is 284 g/mol. The van der Waals surface area contributed by atoms with Gasteiger partial charge in [0.2, 0.25) is 10.0 Å². The molecule has 1 saturated heterocycles. The first-order valence-electron chi connectivity index (χ1n) is 6.54. The summed E-state index contributed by atoms with van der Waals surface area (Å²) in [7, 11) is -3.25. The Balaban J connectivity index is 1.80. The van der Waals surface area contributed by atoms with Gasteiger partial charge in [0.25, 0.3) is 0 Å². The van der Waals surface area contributed by atoms with Gasteiger partial charge in [-0.2, -0.15) is 0 Å². The van der Waals surface area contributed by atoms with Gasteiger partial charge in [-0.1, -0.05) is 12.1 Å². The molecule has 1 heterocycles. The number of rotatable bonds is 6. The number of phenolic OH excluding ortho intramolecular Hbond substituents is 1. The summed E-state index contributed by atoms with van der Waals surface area (Å²) in [6.45, 7) is 1.20. The molecule has 0 aromatic heterocycles. The fraction of sp³-hybridized carbons (Fsp3) is 0.538. The topological polar surface area (TPSA) is 78.4 Å². The van der Waals surface area contributed by atoms with Crippen molar-refractivity contribution in [1.29, 1.82) is 0 Å². The molecule has 0 radical (unpaired) electrons. The minimum Gasteiger partial charge on any atom is -0.508 e. The van der Waals surface area contributed by atoms with E-state index in [0.717, 1.165) is 24.9 Å². The minimum atomic E-state index is -3.25. The highest BCUT2D eigenvalue weighted by molar-refractivity contribution is 7.89. The molecule has 0 spiro atoms. The van der Waals surface area contributed by atoms with Crippen molar-refractivity contribution in [3.05, 3.63) is 29.8 Å². The van der Waals surface area contributed by atoms with Gasteiger partial charge in [-0.15, -0.1) is 0 Å². The van der Waals surface area contributed by atoms with Crippen LogP contribution < -0.4 is 10.0 Å². The summed E-state index contributed by atoms with van der Waals surface area (Å²) >= 11 is 0. The number of hydrogen-bond acceptors (Lipinski definition) is 4. The second-order valence-corrected chi connectivity index (χ2v) is 6.82. The van der Waals surface area contributed by atoms with Crippen LogP contribution in [-0.2, 0) is 16.6 Å². The SMILES string of the molecule is O=S(=O)(CCC1CCCN1)NCc1cccc(O)c1. The fourth-order valence-electron chi connectivity index (χ4n) is 2.23. The number of hydrogen-bond donors (Lipinski definition) is 3.